The molecule has 0 fully saturated rings. The van der Waals surface area contributed by atoms with Crippen LogP contribution in [-0.4, -0.2) is 6.29 Å². The fourth-order valence-electron chi connectivity index (χ4n) is 1.34. The van der Waals surface area contributed by atoms with Gasteiger partial charge in [0.2, 0.25) is 0 Å². The Balaban J connectivity index is 2.59. The Morgan fingerprint density at radius 3 is 2.73 bits per heavy atom. The lowest BCUT2D eigenvalue weighted by Gasteiger charge is -2.01. The maximum absolute atomic E-state index is 12.8. The van der Waals surface area contributed by atoms with Gasteiger partial charge in [0, 0.05) is 11.1 Å². The second-order valence-electron chi connectivity index (χ2n) is 2.94. The first kappa shape index (κ1) is 9.93. The van der Waals surface area contributed by atoms with Crippen molar-refractivity contribution >= 4 is 17.9 Å². The van der Waals surface area contributed by atoms with Crippen molar-refractivity contribution < 1.29 is 13.6 Å². The molecule has 0 radical (unpaired) electrons. The van der Waals surface area contributed by atoms with Gasteiger partial charge < -0.3 is 4.42 Å². The quantitative estimate of drug-likeness (QED) is 0.731. The molecule has 0 N–H and O–H groups in total. The van der Waals surface area contributed by atoms with Crippen molar-refractivity contribution in [2.24, 2.45) is 0 Å². The molecule has 0 bridgehead atoms. The molecule has 0 saturated carbocycles. The van der Waals surface area contributed by atoms with Crippen LogP contribution in [0.15, 0.2) is 34.9 Å². The molecule has 0 unspecified atom stereocenters. The van der Waals surface area contributed by atoms with Crippen molar-refractivity contribution in [1.82, 2.24) is 0 Å². The van der Waals surface area contributed by atoms with Crippen LogP contribution in [0.4, 0.5) is 4.39 Å². The van der Waals surface area contributed by atoms with Gasteiger partial charge in [0.15, 0.2) is 12.0 Å². The van der Waals surface area contributed by atoms with E-state index in [1.807, 2.05) is 0 Å². The molecule has 0 aliphatic heterocycles. The molecule has 2 rings (SSSR count). The van der Waals surface area contributed by atoms with Crippen molar-refractivity contribution in [2.75, 3.05) is 0 Å². The predicted molar refractivity (Wildman–Crippen MR) is 54.5 cm³/mol. The number of hydrogen-bond acceptors (Lipinski definition) is 2. The zero-order valence-electron chi connectivity index (χ0n) is 7.54. The molecule has 0 saturated heterocycles. The van der Waals surface area contributed by atoms with Gasteiger partial charge in [-0.15, -0.1) is 0 Å². The number of carbonyl (C=O) groups is 1. The SMILES string of the molecule is O=Cc1occc1-c1ccc(F)cc1Cl. The highest BCUT2D eigenvalue weighted by Gasteiger charge is 2.11. The number of rotatable bonds is 2. The zero-order chi connectivity index (χ0) is 10.8. The Morgan fingerprint density at radius 1 is 1.27 bits per heavy atom. The fourth-order valence-corrected chi connectivity index (χ4v) is 1.61. The van der Waals surface area contributed by atoms with Gasteiger partial charge in [-0.3, -0.25) is 4.79 Å². The molecule has 0 aliphatic rings. The van der Waals surface area contributed by atoms with Gasteiger partial charge in [-0.1, -0.05) is 11.6 Å². The molecule has 0 amide bonds. The van der Waals surface area contributed by atoms with E-state index in [-0.39, 0.29) is 10.8 Å². The highest BCUT2D eigenvalue weighted by molar-refractivity contribution is 6.33. The van der Waals surface area contributed by atoms with Crippen molar-refractivity contribution in [3.63, 3.8) is 0 Å². The monoisotopic (exact) mass is 224 g/mol. The summed E-state index contributed by atoms with van der Waals surface area (Å²) in [6.07, 6.45) is 1.98. The molecule has 1 aromatic carbocycles. The minimum Gasteiger partial charge on any atom is -0.461 e. The Hall–Kier alpha value is -1.61. The number of carbonyl (C=O) groups excluding carboxylic acids is 1. The topological polar surface area (TPSA) is 30.2 Å². The average molecular weight is 225 g/mol. The fraction of sp³-hybridized carbons (Fsp3) is 0. The second-order valence-corrected chi connectivity index (χ2v) is 3.35. The third-order valence-electron chi connectivity index (χ3n) is 2.02. The molecule has 0 atom stereocenters. The lowest BCUT2D eigenvalue weighted by Crippen LogP contribution is -1.84. The van der Waals surface area contributed by atoms with Crippen LogP contribution in [0.5, 0.6) is 0 Å². The normalized spacial score (nSPS) is 10.3. The van der Waals surface area contributed by atoms with E-state index >= 15 is 0 Å². The first-order valence-electron chi connectivity index (χ1n) is 4.20. The third kappa shape index (κ3) is 1.78. The van der Waals surface area contributed by atoms with Gasteiger partial charge in [-0.2, -0.15) is 0 Å². The van der Waals surface area contributed by atoms with E-state index < -0.39 is 5.82 Å². The molecule has 2 aromatic rings. The Bertz CT molecular complexity index is 505. The van der Waals surface area contributed by atoms with Gasteiger partial charge in [-0.25, -0.2) is 4.39 Å². The maximum atomic E-state index is 12.8. The van der Waals surface area contributed by atoms with Crippen LogP contribution in [0, 0.1) is 5.82 Å². The standard InChI is InChI=1S/C11H6ClFO2/c12-10-5-7(13)1-2-8(10)9-3-4-15-11(9)6-14/h1-6H. The van der Waals surface area contributed by atoms with Gasteiger partial charge in [-0.05, 0) is 24.3 Å². The lowest BCUT2D eigenvalue weighted by atomic mass is 10.1. The lowest BCUT2D eigenvalue weighted by molar-refractivity contribution is 0.110. The summed E-state index contributed by atoms with van der Waals surface area (Å²) < 4.78 is 17.7. The molecule has 0 aliphatic carbocycles. The highest BCUT2D eigenvalue weighted by Crippen LogP contribution is 2.30. The van der Waals surface area contributed by atoms with E-state index in [1.165, 1.54) is 24.5 Å². The van der Waals surface area contributed by atoms with E-state index in [4.69, 9.17) is 16.0 Å². The summed E-state index contributed by atoms with van der Waals surface area (Å²) >= 11 is 5.85. The van der Waals surface area contributed by atoms with Gasteiger partial charge in [0.25, 0.3) is 0 Å². The van der Waals surface area contributed by atoms with Gasteiger partial charge in [0.05, 0.1) is 11.3 Å². The summed E-state index contributed by atoms with van der Waals surface area (Å²) in [6.45, 7) is 0. The molecular formula is C11H6ClFO2. The van der Waals surface area contributed by atoms with Crippen molar-refractivity contribution in [3.05, 3.63) is 47.1 Å². The number of hydrogen-bond donors (Lipinski definition) is 0. The van der Waals surface area contributed by atoms with Gasteiger partial charge in [0.1, 0.15) is 5.82 Å². The average Bonchev–Trinajstić information content (AvgIpc) is 2.65. The van der Waals surface area contributed by atoms with Crippen LogP contribution in [0.25, 0.3) is 11.1 Å². The third-order valence-corrected chi connectivity index (χ3v) is 2.34. The second kappa shape index (κ2) is 3.87. The minimum absolute atomic E-state index is 0.184. The molecule has 0 spiro atoms. The first-order valence-corrected chi connectivity index (χ1v) is 4.58. The molecule has 1 aromatic heterocycles. The van der Waals surface area contributed by atoms with Crippen molar-refractivity contribution in [1.29, 1.82) is 0 Å². The summed E-state index contributed by atoms with van der Waals surface area (Å²) in [5.41, 5.74) is 1.14. The number of benzene rings is 1. The Morgan fingerprint density at radius 2 is 2.07 bits per heavy atom. The zero-order valence-corrected chi connectivity index (χ0v) is 8.29. The van der Waals surface area contributed by atoms with Crippen LogP contribution in [-0.2, 0) is 0 Å². The van der Waals surface area contributed by atoms with Crippen LogP contribution in [0.1, 0.15) is 10.6 Å². The summed E-state index contributed by atoms with van der Waals surface area (Å²) in [6, 6.07) is 5.60. The molecule has 1 heterocycles. The number of halogens is 2. The van der Waals surface area contributed by atoms with Crippen LogP contribution in [0.2, 0.25) is 5.02 Å². The molecule has 76 valence electrons. The van der Waals surface area contributed by atoms with E-state index in [0.29, 0.717) is 17.4 Å². The van der Waals surface area contributed by atoms with Crippen molar-refractivity contribution in [3.8, 4) is 11.1 Å². The molecule has 15 heavy (non-hydrogen) atoms. The van der Waals surface area contributed by atoms with Crippen LogP contribution >= 0.6 is 11.6 Å². The number of furan rings is 1. The molecular weight excluding hydrogens is 219 g/mol. The van der Waals surface area contributed by atoms with E-state index in [2.05, 4.69) is 0 Å². The van der Waals surface area contributed by atoms with Crippen LogP contribution < -0.4 is 0 Å². The minimum atomic E-state index is -0.417. The first-order chi connectivity index (χ1) is 7.22. The highest BCUT2D eigenvalue weighted by atomic mass is 35.5. The van der Waals surface area contributed by atoms with Gasteiger partial charge >= 0.3 is 0 Å². The van der Waals surface area contributed by atoms with Crippen molar-refractivity contribution in [2.45, 2.75) is 0 Å². The maximum Gasteiger partial charge on any atom is 0.185 e. The summed E-state index contributed by atoms with van der Waals surface area (Å²) in [5, 5.41) is 0.250. The Labute approximate surface area is 90.3 Å². The van der Waals surface area contributed by atoms with E-state index in [1.54, 1.807) is 6.07 Å². The molecule has 4 heteroatoms. The summed E-state index contributed by atoms with van der Waals surface area (Å²) in [5.74, 6) is -0.233. The Kier molecular flexibility index (Phi) is 2.56. The number of aldehydes is 1. The van der Waals surface area contributed by atoms with E-state index in [0.717, 1.165) is 0 Å². The van der Waals surface area contributed by atoms with Crippen LogP contribution in [0.3, 0.4) is 0 Å². The summed E-state index contributed by atoms with van der Waals surface area (Å²) in [4.78, 5) is 10.6. The largest absolute Gasteiger partial charge is 0.461 e. The summed E-state index contributed by atoms with van der Waals surface area (Å²) in [7, 11) is 0. The molecule has 2 nitrogen and oxygen atoms in total. The predicted octanol–water partition coefficient (Wildman–Crippen LogP) is 3.55. The van der Waals surface area contributed by atoms with E-state index in [9.17, 15) is 9.18 Å². The smallest absolute Gasteiger partial charge is 0.185 e.